The van der Waals surface area contributed by atoms with Crippen molar-refractivity contribution in [1.82, 2.24) is 25.5 Å². The summed E-state index contributed by atoms with van der Waals surface area (Å²) in [5.74, 6) is 0.687. The summed E-state index contributed by atoms with van der Waals surface area (Å²) in [6.45, 7) is 6.10. The number of phenols is 1. The smallest absolute Gasteiger partial charge is 0.407 e. The van der Waals surface area contributed by atoms with Crippen molar-refractivity contribution in [3.05, 3.63) is 132 Å². The number of nitrogens with one attached hydrogen (secondary N) is 1. The van der Waals surface area contributed by atoms with Gasteiger partial charge in [0.15, 0.2) is 6.29 Å². The predicted molar refractivity (Wildman–Crippen MR) is 185 cm³/mol. The molecule has 1 aromatic heterocycles. The largest absolute Gasteiger partial charge is 0.508 e. The number of phenolic OH excluding ortho intramolecular Hbond substituents is 1. The number of carbonyl (C=O) groups is 1. The minimum Gasteiger partial charge on any atom is -0.508 e. The van der Waals surface area contributed by atoms with Crippen molar-refractivity contribution < 1.29 is 29.2 Å². The van der Waals surface area contributed by atoms with E-state index in [2.05, 4.69) is 34.3 Å². The monoisotopic (exact) mass is 679 g/mol. The van der Waals surface area contributed by atoms with Crippen LogP contribution in [0.3, 0.4) is 0 Å². The quantitative estimate of drug-likeness (QED) is 0.0986. The standard InChI is InChI=1S/C37H37N5O6S/c1-3-20-46-37(45)38-21-29-6-4-5-7-32(29)26-12-14-28(15-13-26)35-47-33(24(2)34(48-35)27-10-8-25(22-43)9-11-27)23-49-36-39-40-41-42(36)30-16-18-31(44)19-17-30/h3-19,24,33-35,43-44H,1,20-23H2,2H3,(H,38,45). The van der Waals surface area contributed by atoms with Gasteiger partial charge in [0, 0.05) is 23.8 Å². The lowest BCUT2D eigenvalue weighted by molar-refractivity contribution is -0.268. The van der Waals surface area contributed by atoms with Crippen molar-refractivity contribution in [1.29, 1.82) is 0 Å². The van der Waals surface area contributed by atoms with E-state index in [9.17, 15) is 15.0 Å². The SMILES string of the molecule is C=CCOC(=O)NCc1ccccc1-c1ccc(C2OC(CSc3nnnn3-c3ccc(O)cc3)C(C)C(c3ccc(CO)cc3)O2)cc1. The summed E-state index contributed by atoms with van der Waals surface area (Å²) >= 11 is 1.48. The van der Waals surface area contributed by atoms with Gasteiger partial charge in [0.1, 0.15) is 12.4 Å². The lowest BCUT2D eigenvalue weighted by Gasteiger charge is -2.41. The molecule has 49 heavy (non-hydrogen) atoms. The highest BCUT2D eigenvalue weighted by molar-refractivity contribution is 7.99. The minimum atomic E-state index is -0.650. The van der Waals surface area contributed by atoms with Gasteiger partial charge >= 0.3 is 6.09 Å². The van der Waals surface area contributed by atoms with Crippen molar-refractivity contribution >= 4 is 17.9 Å². The van der Waals surface area contributed by atoms with E-state index in [-0.39, 0.29) is 37.1 Å². The molecule has 1 fully saturated rings. The number of nitrogens with zero attached hydrogens (tertiary/aromatic N) is 4. The molecule has 12 heteroatoms. The number of aromatic hydroxyl groups is 1. The zero-order chi connectivity index (χ0) is 34.2. The first kappa shape index (κ1) is 33.9. The predicted octanol–water partition coefficient (Wildman–Crippen LogP) is 6.52. The lowest BCUT2D eigenvalue weighted by Crippen LogP contribution is -2.38. The Hall–Kier alpha value is -5.01. The third kappa shape index (κ3) is 8.18. The van der Waals surface area contributed by atoms with Crippen molar-refractivity contribution in [2.24, 2.45) is 5.92 Å². The van der Waals surface area contributed by atoms with Gasteiger partial charge in [-0.1, -0.05) is 104 Å². The van der Waals surface area contributed by atoms with Gasteiger partial charge in [0.25, 0.3) is 0 Å². The molecular formula is C37H37N5O6S. The molecule has 3 N–H and O–H groups in total. The molecule has 4 atom stereocenters. The van der Waals surface area contributed by atoms with E-state index in [1.54, 1.807) is 28.9 Å². The number of carbonyl (C=O) groups excluding carboxylic acids is 1. The number of hydrogen-bond donors (Lipinski definition) is 3. The summed E-state index contributed by atoms with van der Waals surface area (Å²) in [6, 6.07) is 30.4. The molecule has 5 aromatic rings. The van der Waals surface area contributed by atoms with Crippen LogP contribution in [0.4, 0.5) is 4.79 Å². The molecule has 1 aliphatic heterocycles. The molecule has 0 saturated carbocycles. The summed E-state index contributed by atoms with van der Waals surface area (Å²) in [7, 11) is 0. The van der Waals surface area contributed by atoms with Crippen molar-refractivity contribution in [3.8, 4) is 22.6 Å². The molecule has 2 heterocycles. The highest BCUT2D eigenvalue weighted by Gasteiger charge is 2.38. The van der Waals surface area contributed by atoms with Crippen LogP contribution in [0, 0.1) is 5.92 Å². The second-order valence-electron chi connectivity index (χ2n) is 11.5. The topological polar surface area (TPSA) is 141 Å². The van der Waals surface area contributed by atoms with Crippen LogP contribution >= 0.6 is 11.8 Å². The van der Waals surface area contributed by atoms with Crippen molar-refractivity contribution in [2.45, 2.75) is 43.7 Å². The second-order valence-corrected chi connectivity index (χ2v) is 12.5. The summed E-state index contributed by atoms with van der Waals surface area (Å²) < 4.78 is 20.0. The highest BCUT2D eigenvalue weighted by Crippen LogP contribution is 2.43. The van der Waals surface area contributed by atoms with Gasteiger partial charge in [-0.05, 0) is 62.5 Å². The van der Waals surface area contributed by atoms with E-state index < -0.39 is 12.4 Å². The summed E-state index contributed by atoms with van der Waals surface area (Å²) in [5.41, 5.74) is 6.33. The Morgan fingerprint density at radius 3 is 2.47 bits per heavy atom. The number of rotatable bonds is 12. The Labute approximate surface area is 288 Å². The molecule has 0 spiro atoms. The van der Waals surface area contributed by atoms with Crippen LogP contribution in [0.5, 0.6) is 5.75 Å². The summed E-state index contributed by atoms with van der Waals surface area (Å²) in [5, 5.41) is 35.0. The van der Waals surface area contributed by atoms with E-state index in [0.29, 0.717) is 17.5 Å². The zero-order valence-electron chi connectivity index (χ0n) is 26.9. The van der Waals surface area contributed by atoms with E-state index in [1.165, 1.54) is 17.8 Å². The number of tetrazole rings is 1. The van der Waals surface area contributed by atoms with Gasteiger partial charge < -0.3 is 29.7 Å². The van der Waals surface area contributed by atoms with Crippen LogP contribution in [0.2, 0.25) is 0 Å². The molecule has 4 aromatic carbocycles. The van der Waals surface area contributed by atoms with Gasteiger partial charge in [0.05, 0.1) is 24.5 Å². The average Bonchev–Trinajstić information content (AvgIpc) is 3.62. The summed E-state index contributed by atoms with van der Waals surface area (Å²) in [4.78, 5) is 12.0. The Morgan fingerprint density at radius 2 is 1.73 bits per heavy atom. The number of amides is 1. The Balaban J connectivity index is 1.22. The maximum Gasteiger partial charge on any atom is 0.407 e. The Kier molecular flexibility index (Phi) is 11.0. The number of thioether (sulfide) groups is 1. The molecule has 0 aliphatic carbocycles. The number of aromatic nitrogens is 4. The molecule has 4 unspecified atom stereocenters. The van der Waals surface area contributed by atoms with Gasteiger partial charge in [-0.2, -0.15) is 4.68 Å². The van der Waals surface area contributed by atoms with Crippen LogP contribution in [-0.4, -0.2) is 55.0 Å². The van der Waals surface area contributed by atoms with E-state index in [0.717, 1.165) is 39.1 Å². The number of hydrogen-bond acceptors (Lipinski definition) is 10. The van der Waals surface area contributed by atoms with Crippen molar-refractivity contribution in [3.63, 3.8) is 0 Å². The second kappa shape index (κ2) is 15.9. The third-order valence-corrected chi connectivity index (χ3v) is 9.31. The number of alkyl carbamates (subject to hydrolysis) is 1. The van der Waals surface area contributed by atoms with Gasteiger partial charge in [-0.25, -0.2) is 4.79 Å². The molecule has 252 valence electrons. The number of benzene rings is 4. The number of aliphatic hydroxyl groups is 1. The van der Waals surface area contributed by atoms with Crippen LogP contribution < -0.4 is 5.32 Å². The Bertz CT molecular complexity index is 1850. The van der Waals surface area contributed by atoms with Gasteiger partial charge in [-0.3, -0.25) is 0 Å². The molecule has 1 amide bonds. The Morgan fingerprint density at radius 1 is 1.00 bits per heavy atom. The van der Waals surface area contributed by atoms with Gasteiger partial charge in [0.2, 0.25) is 5.16 Å². The van der Waals surface area contributed by atoms with Crippen LogP contribution in [0.25, 0.3) is 16.8 Å². The third-order valence-electron chi connectivity index (χ3n) is 8.30. The molecule has 11 nitrogen and oxygen atoms in total. The molecule has 6 rings (SSSR count). The minimum absolute atomic E-state index is 0.0291. The van der Waals surface area contributed by atoms with Gasteiger partial charge in [-0.15, -0.1) is 5.10 Å². The van der Waals surface area contributed by atoms with Crippen LogP contribution in [0.1, 0.15) is 41.6 Å². The zero-order valence-corrected chi connectivity index (χ0v) is 27.7. The number of aliphatic hydroxyl groups excluding tert-OH is 1. The first-order valence-corrected chi connectivity index (χ1v) is 16.8. The molecule has 0 radical (unpaired) electrons. The first-order chi connectivity index (χ1) is 23.9. The fourth-order valence-corrected chi connectivity index (χ4v) is 6.67. The molecule has 0 bridgehead atoms. The lowest BCUT2D eigenvalue weighted by atomic mass is 9.91. The maximum absolute atomic E-state index is 12.0. The highest BCUT2D eigenvalue weighted by atomic mass is 32.2. The molecule has 1 aliphatic rings. The number of ether oxygens (including phenoxy) is 3. The van der Waals surface area contributed by atoms with Crippen LogP contribution in [-0.2, 0) is 27.4 Å². The average molecular weight is 680 g/mol. The first-order valence-electron chi connectivity index (χ1n) is 15.8. The van der Waals surface area contributed by atoms with E-state index in [1.807, 2.05) is 72.8 Å². The van der Waals surface area contributed by atoms with Crippen molar-refractivity contribution in [2.75, 3.05) is 12.4 Å². The molecular weight excluding hydrogens is 643 g/mol. The fraction of sp³-hybridized carbons (Fsp3) is 0.243. The van der Waals surface area contributed by atoms with E-state index in [4.69, 9.17) is 14.2 Å². The summed E-state index contributed by atoms with van der Waals surface area (Å²) in [6.07, 6.45) is -0.143. The fourth-order valence-electron chi connectivity index (χ4n) is 5.62. The molecule has 1 saturated heterocycles. The normalized spacial score (nSPS) is 18.9. The van der Waals surface area contributed by atoms with E-state index >= 15 is 0 Å². The van der Waals surface area contributed by atoms with Crippen LogP contribution in [0.15, 0.2) is 115 Å². The maximum atomic E-state index is 12.0.